The molecule has 0 rings (SSSR count). The Hall–Kier alpha value is -0.0800. The van der Waals surface area contributed by atoms with Gasteiger partial charge in [-0.3, -0.25) is 5.73 Å². The molecule has 0 aromatic carbocycles. The van der Waals surface area contributed by atoms with Gasteiger partial charge in [-0.05, 0) is 0 Å². The predicted octanol–water partition coefficient (Wildman–Crippen LogP) is 0.778. The summed E-state index contributed by atoms with van der Waals surface area (Å²) in [6.07, 6.45) is 1.01. The number of nitrogens with two attached hydrogens (primary N) is 1. The van der Waals surface area contributed by atoms with Gasteiger partial charge in [-0.25, -0.2) is 0 Å². The van der Waals surface area contributed by atoms with Crippen molar-refractivity contribution >= 4 is 0 Å². The smallest absolute Gasteiger partial charge is 0.146 e. The fourth-order valence-electron chi connectivity index (χ4n) is 0.474. The van der Waals surface area contributed by atoms with Gasteiger partial charge in [0, 0.05) is 13.3 Å². The van der Waals surface area contributed by atoms with E-state index >= 15 is 0 Å². The largest absolute Gasteiger partial charge is 0.314 e. The Kier molecular flexibility index (Phi) is 2.25. The summed E-state index contributed by atoms with van der Waals surface area (Å²) < 4.78 is 0.823. The Morgan fingerprint density at radius 3 is 1.67 bits per heavy atom. The van der Waals surface area contributed by atoms with Crippen LogP contribution in [0.3, 0.4) is 0 Å². The van der Waals surface area contributed by atoms with Crippen molar-refractivity contribution in [1.82, 2.24) is 0 Å². The summed E-state index contributed by atoms with van der Waals surface area (Å²) in [5.41, 5.74) is 5.88. The molecule has 1 atom stereocenters. The quantitative estimate of drug-likeness (QED) is 0.435. The summed E-state index contributed by atoms with van der Waals surface area (Å²) in [6, 6.07) is 0. The second-order valence-corrected chi connectivity index (χ2v) is 3.72. The third-order valence-corrected chi connectivity index (χ3v) is 2.25. The maximum absolute atomic E-state index is 5.97. The van der Waals surface area contributed by atoms with Crippen LogP contribution in [0.25, 0.3) is 0 Å². The van der Waals surface area contributed by atoms with E-state index in [1.165, 1.54) is 0 Å². The van der Waals surface area contributed by atoms with Gasteiger partial charge in [-0.2, -0.15) is 0 Å². The summed E-state index contributed by atoms with van der Waals surface area (Å²) >= 11 is 0. The first-order chi connectivity index (χ1) is 3.81. The van der Waals surface area contributed by atoms with Crippen molar-refractivity contribution in [2.24, 2.45) is 5.73 Å². The summed E-state index contributed by atoms with van der Waals surface area (Å²) in [6.45, 7) is 4.19. The van der Waals surface area contributed by atoms with Crippen LogP contribution >= 0.6 is 0 Å². The molecule has 0 saturated carbocycles. The van der Waals surface area contributed by atoms with Crippen molar-refractivity contribution in [3.8, 4) is 0 Å². The molecule has 0 aromatic rings. The van der Waals surface area contributed by atoms with Gasteiger partial charge in [-0.15, -0.1) is 0 Å². The highest BCUT2D eigenvalue weighted by atomic mass is 15.4. The first-order valence-electron chi connectivity index (χ1n) is 3.41. The Morgan fingerprint density at radius 1 is 1.33 bits per heavy atom. The highest BCUT2D eigenvalue weighted by Gasteiger charge is 2.30. The van der Waals surface area contributed by atoms with Crippen molar-refractivity contribution in [2.45, 2.75) is 25.9 Å². The molecule has 1 unspecified atom stereocenters. The van der Waals surface area contributed by atoms with Crippen molar-refractivity contribution in [1.29, 1.82) is 0 Å². The van der Waals surface area contributed by atoms with Gasteiger partial charge < -0.3 is 4.48 Å². The maximum atomic E-state index is 5.97. The number of hydrogen-bond acceptors (Lipinski definition) is 1. The normalized spacial score (nSPS) is 19.3. The molecule has 0 amide bonds. The van der Waals surface area contributed by atoms with E-state index in [0.29, 0.717) is 0 Å². The fraction of sp³-hybridized carbons (Fsp3) is 1.00. The van der Waals surface area contributed by atoms with Crippen LogP contribution in [-0.2, 0) is 0 Å². The predicted molar refractivity (Wildman–Crippen MR) is 40.9 cm³/mol. The highest BCUT2D eigenvalue weighted by Crippen LogP contribution is 2.14. The zero-order chi connectivity index (χ0) is 7.71. The van der Waals surface area contributed by atoms with Gasteiger partial charge in [-0.1, -0.05) is 6.92 Å². The van der Waals surface area contributed by atoms with Gasteiger partial charge in [0.25, 0.3) is 0 Å². The van der Waals surface area contributed by atoms with Crippen molar-refractivity contribution in [3.63, 3.8) is 0 Å². The molecule has 56 valence electrons. The van der Waals surface area contributed by atoms with Gasteiger partial charge >= 0.3 is 0 Å². The van der Waals surface area contributed by atoms with Gasteiger partial charge in [0.05, 0.1) is 21.1 Å². The molecule has 0 spiro atoms. The van der Waals surface area contributed by atoms with E-state index in [9.17, 15) is 0 Å². The SMILES string of the molecule is CCC(C)(N)[N+](C)(C)C. The van der Waals surface area contributed by atoms with Crippen LogP contribution in [0.4, 0.5) is 0 Å². The van der Waals surface area contributed by atoms with E-state index < -0.39 is 0 Å². The van der Waals surface area contributed by atoms with Gasteiger partial charge in [0.15, 0.2) is 0 Å². The molecule has 0 aliphatic carbocycles. The average molecular weight is 131 g/mol. The van der Waals surface area contributed by atoms with E-state index in [1.54, 1.807) is 0 Å². The summed E-state index contributed by atoms with van der Waals surface area (Å²) in [7, 11) is 6.34. The Morgan fingerprint density at radius 2 is 1.67 bits per heavy atom. The number of nitrogens with zero attached hydrogens (tertiary/aromatic N) is 1. The van der Waals surface area contributed by atoms with Crippen molar-refractivity contribution < 1.29 is 4.48 Å². The van der Waals surface area contributed by atoms with E-state index in [0.717, 1.165) is 10.9 Å². The molecule has 0 heterocycles. The summed E-state index contributed by atoms with van der Waals surface area (Å²) in [5.74, 6) is 0. The molecule has 0 bridgehead atoms. The van der Waals surface area contributed by atoms with Crippen molar-refractivity contribution in [2.75, 3.05) is 21.1 Å². The van der Waals surface area contributed by atoms with Gasteiger partial charge in [0.1, 0.15) is 5.66 Å². The molecule has 0 radical (unpaired) electrons. The molecule has 0 fully saturated rings. The zero-order valence-electron chi connectivity index (χ0n) is 7.23. The lowest BCUT2D eigenvalue weighted by Gasteiger charge is -2.40. The van der Waals surface area contributed by atoms with E-state index in [1.807, 2.05) is 0 Å². The van der Waals surface area contributed by atoms with E-state index in [4.69, 9.17) is 5.73 Å². The molecule has 0 aromatic heterocycles. The fourth-order valence-corrected chi connectivity index (χ4v) is 0.474. The zero-order valence-corrected chi connectivity index (χ0v) is 7.23. The number of rotatable bonds is 2. The number of hydrogen-bond donors (Lipinski definition) is 1. The lowest BCUT2D eigenvalue weighted by Crippen LogP contribution is -2.60. The Balaban J connectivity index is 4.14. The molecular weight excluding hydrogens is 112 g/mol. The first kappa shape index (κ1) is 8.92. The summed E-state index contributed by atoms with van der Waals surface area (Å²) in [4.78, 5) is 0. The van der Waals surface area contributed by atoms with Crippen LogP contribution in [0.5, 0.6) is 0 Å². The molecule has 0 aliphatic heterocycles. The standard InChI is InChI=1S/C7H19N2/c1-6-7(2,8)9(3,4)5/h6,8H2,1-5H3/q+1. The molecule has 0 saturated heterocycles. The molecule has 2 nitrogen and oxygen atoms in total. The lowest BCUT2D eigenvalue weighted by molar-refractivity contribution is -0.921. The topological polar surface area (TPSA) is 26.0 Å². The maximum Gasteiger partial charge on any atom is 0.146 e. The minimum atomic E-state index is -0.0833. The minimum absolute atomic E-state index is 0.0833. The molecule has 0 aliphatic rings. The molecule has 2 N–H and O–H groups in total. The number of quaternary nitrogens is 1. The third kappa shape index (κ3) is 1.95. The summed E-state index contributed by atoms with van der Waals surface area (Å²) in [5, 5.41) is 0. The average Bonchev–Trinajstić information content (AvgIpc) is 1.64. The molecule has 2 heteroatoms. The molecule has 9 heavy (non-hydrogen) atoms. The van der Waals surface area contributed by atoms with E-state index in [2.05, 4.69) is 35.0 Å². The molecular formula is C7H19N2+. The lowest BCUT2D eigenvalue weighted by atomic mass is 10.1. The highest BCUT2D eigenvalue weighted by molar-refractivity contribution is 4.61. The Bertz CT molecular complexity index is 89.6. The van der Waals surface area contributed by atoms with Crippen molar-refractivity contribution in [3.05, 3.63) is 0 Å². The van der Waals surface area contributed by atoms with Gasteiger partial charge in [0.2, 0.25) is 0 Å². The van der Waals surface area contributed by atoms with Crippen LogP contribution in [-0.4, -0.2) is 31.3 Å². The second kappa shape index (κ2) is 2.27. The van der Waals surface area contributed by atoms with Crippen LogP contribution in [0.1, 0.15) is 20.3 Å². The van der Waals surface area contributed by atoms with Crippen LogP contribution in [0.15, 0.2) is 0 Å². The van der Waals surface area contributed by atoms with E-state index in [-0.39, 0.29) is 5.66 Å². The first-order valence-corrected chi connectivity index (χ1v) is 3.41. The Labute approximate surface area is 58.2 Å². The monoisotopic (exact) mass is 131 g/mol. The third-order valence-electron chi connectivity index (χ3n) is 2.25. The van der Waals surface area contributed by atoms with Crippen LogP contribution in [0.2, 0.25) is 0 Å². The second-order valence-electron chi connectivity index (χ2n) is 3.72. The van der Waals surface area contributed by atoms with Crippen LogP contribution < -0.4 is 5.73 Å². The van der Waals surface area contributed by atoms with Crippen LogP contribution in [0, 0.1) is 0 Å². The minimum Gasteiger partial charge on any atom is -0.314 e.